The number of fused-ring (bicyclic) bond motifs is 1. The molecule has 0 atom stereocenters. The summed E-state index contributed by atoms with van der Waals surface area (Å²) in [6, 6.07) is 7.35. The predicted octanol–water partition coefficient (Wildman–Crippen LogP) is 2.42. The molecule has 0 spiro atoms. The molecule has 0 saturated carbocycles. The Morgan fingerprint density at radius 3 is 2.71 bits per heavy atom. The predicted molar refractivity (Wildman–Crippen MR) is 82.4 cm³/mol. The van der Waals surface area contributed by atoms with Gasteiger partial charge in [-0.15, -0.1) is 0 Å². The number of benzene rings is 1. The summed E-state index contributed by atoms with van der Waals surface area (Å²) in [6.07, 6.45) is 3.60. The van der Waals surface area contributed by atoms with Gasteiger partial charge >= 0.3 is 0 Å². The number of aryl methyl sites for hydroxylation is 4. The van der Waals surface area contributed by atoms with Gasteiger partial charge in [0, 0.05) is 17.6 Å². The van der Waals surface area contributed by atoms with Crippen molar-refractivity contribution in [3.63, 3.8) is 0 Å². The van der Waals surface area contributed by atoms with Crippen LogP contribution in [-0.4, -0.2) is 19.5 Å². The lowest BCUT2D eigenvalue weighted by atomic mass is 10.1. The zero-order valence-corrected chi connectivity index (χ0v) is 12.2. The molecule has 3 aromatic rings. The number of nitrogens with two attached hydrogens (primary N) is 1. The number of nitrogen functional groups attached to an aromatic ring is 1. The van der Waals surface area contributed by atoms with Crippen molar-refractivity contribution < 1.29 is 5.11 Å². The Balaban J connectivity index is 1.84. The number of phenolic OH excluding ortho intramolecular Hbond substituents is 1. The van der Waals surface area contributed by atoms with Crippen LogP contribution in [0.3, 0.4) is 0 Å². The minimum absolute atomic E-state index is 0.136. The quantitative estimate of drug-likeness (QED) is 0.571. The van der Waals surface area contributed by atoms with Crippen molar-refractivity contribution in [2.75, 3.05) is 5.73 Å². The van der Waals surface area contributed by atoms with E-state index in [9.17, 15) is 5.11 Å². The fraction of sp³-hybridized carbons (Fsp3) is 0.250. The zero-order valence-electron chi connectivity index (χ0n) is 12.2. The molecule has 21 heavy (non-hydrogen) atoms. The van der Waals surface area contributed by atoms with Crippen LogP contribution in [0.25, 0.3) is 5.78 Å². The van der Waals surface area contributed by atoms with Crippen LogP contribution in [0.15, 0.2) is 30.5 Å². The summed E-state index contributed by atoms with van der Waals surface area (Å²) < 4.78 is 2.00. The first kappa shape index (κ1) is 13.4. The highest BCUT2D eigenvalue weighted by atomic mass is 16.3. The summed E-state index contributed by atoms with van der Waals surface area (Å²) in [5, 5.41) is 9.64. The second-order valence-corrected chi connectivity index (χ2v) is 5.28. The van der Waals surface area contributed by atoms with Gasteiger partial charge in [-0.2, -0.15) is 0 Å². The Morgan fingerprint density at radius 2 is 1.95 bits per heavy atom. The third-order valence-corrected chi connectivity index (χ3v) is 3.72. The van der Waals surface area contributed by atoms with Gasteiger partial charge in [-0.05, 0) is 50.5 Å². The number of rotatable bonds is 3. The molecular weight excluding hydrogens is 264 g/mol. The van der Waals surface area contributed by atoms with Crippen molar-refractivity contribution in [2.45, 2.75) is 26.7 Å². The summed E-state index contributed by atoms with van der Waals surface area (Å²) in [4.78, 5) is 9.03. The van der Waals surface area contributed by atoms with Crippen LogP contribution in [0.1, 0.15) is 22.6 Å². The van der Waals surface area contributed by atoms with Crippen LogP contribution in [-0.2, 0) is 12.8 Å². The minimum Gasteiger partial charge on any atom is -0.506 e. The topological polar surface area (TPSA) is 76.4 Å². The molecule has 0 aliphatic rings. The van der Waals surface area contributed by atoms with Crippen LogP contribution in [0.4, 0.5) is 5.69 Å². The van der Waals surface area contributed by atoms with E-state index in [0.29, 0.717) is 5.69 Å². The molecule has 0 amide bonds. The first-order chi connectivity index (χ1) is 10.0. The zero-order chi connectivity index (χ0) is 15.0. The molecule has 0 saturated heterocycles. The lowest BCUT2D eigenvalue weighted by molar-refractivity contribution is 0.477. The highest BCUT2D eigenvalue weighted by molar-refractivity contribution is 5.53. The van der Waals surface area contributed by atoms with Gasteiger partial charge < -0.3 is 10.8 Å². The van der Waals surface area contributed by atoms with E-state index in [1.807, 2.05) is 36.6 Å². The number of imidazole rings is 1. The lowest BCUT2D eigenvalue weighted by Gasteiger charge is -2.03. The minimum atomic E-state index is 0.136. The van der Waals surface area contributed by atoms with E-state index in [1.54, 1.807) is 12.1 Å². The van der Waals surface area contributed by atoms with Gasteiger partial charge in [0.1, 0.15) is 5.75 Å². The van der Waals surface area contributed by atoms with Gasteiger partial charge in [0.15, 0.2) is 0 Å². The van der Waals surface area contributed by atoms with Crippen molar-refractivity contribution in [2.24, 2.45) is 0 Å². The number of anilines is 1. The lowest BCUT2D eigenvalue weighted by Crippen LogP contribution is -1.95. The molecule has 5 heteroatoms. The summed E-state index contributed by atoms with van der Waals surface area (Å²) in [5.74, 6) is 0.874. The number of phenols is 1. The highest BCUT2D eigenvalue weighted by Crippen LogP contribution is 2.22. The number of hydrogen-bond donors (Lipinski definition) is 2. The van der Waals surface area contributed by atoms with E-state index in [0.717, 1.165) is 41.3 Å². The second-order valence-electron chi connectivity index (χ2n) is 5.28. The van der Waals surface area contributed by atoms with Crippen molar-refractivity contribution in [1.29, 1.82) is 0 Å². The fourth-order valence-electron chi connectivity index (χ4n) is 2.42. The van der Waals surface area contributed by atoms with Gasteiger partial charge in [-0.3, -0.25) is 4.40 Å². The fourth-order valence-corrected chi connectivity index (χ4v) is 2.42. The number of hydrogen-bond acceptors (Lipinski definition) is 4. The Labute approximate surface area is 123 Å². The third kappa shape index (κ3) is 2.54. The molecule has 0 bridgehead atoms. The molecular formula is C16H18N4O. The van der Waals surface area contributed by atoms with Gasteiger partial charge in [0.25, 0.3) is 0 Å². The normalized spacial score (nSPS) is 11.1. The Bertz CT molecular complexity index is 807. The first-order valence-corrected chi connectivity index (χ1v) is 6.93. The van der Waals surface area contributed by atoms with E-state index in [1.165, 1.54) is 0 Å². The summed E-state index contributed by atoms with van der Waals surface area (Å²) in [7, 11) is 0. The van der Waals surface area contributed by atoms with Crippen molar-refractivity contribution in [1.82, 2.24) is 14.4 Å². The summed E-state index contributed by atoms with van der Waals surface area (Å²) in [6.45, 7) is 4.01. The standard InChI is InChI=1S/C16H18N4O/c1-10-7-8-20-11(2)14(19-16(20)18-10)6-4-12-3-5-13(17)15(21)9-12/h3,5,7-9,21H,4,6,17H2,1-2H3. The molecule has 3 N–H and O–H groups in total. The molecule has 0 unspecified atom stereocenters. The van der Waals surface area contributed by atoms with E-state index in [2.05, 4.69) is 9.97 Å². The van der Waals surface area contributed by atoms with E-state index >= 15 is 0 Å². The maximum absolute atomic E-state index is 9.64. The number of nitrogens with zero attached hydrogens (tertiary/aromatic N) is 3. The van der Waals surface area contributed by atoms with Gasteiger partial charge in [0.2, 0.25) is 5.78 Å². The monoisotopic (exact) mass is 282 g/mol. The molecule has 0 fully saturated rings. The van der Waals surface area contributed by atoms with E-state index < -0.39 is 0 Å². The molecule has 2 heterocycles. The van der Waals surface area contributed by atoms with E-state index in [4.69, 9.17) is 5.73 Å². The summed E-state index contributed by atoms with van der Waals surface area (Å²) >= 11 is 0. The van der Waals surface area contributed by atoms with Crippen LogP contribution < -0.4 is 5.73 Å². The average molecular weight is 282 g/mol. The average Bonchev–Trinajstić information content (AvgIpc) is 2.76. The molecule has 1 aromatic carbocycles. The number of aromatic hydroxyl groups is 1. The molecule has 0 aliphatic heterocycles. The van der Waals surface area contributed by atoms with Crippen molar-refractivity contribution in [3.8, 4) is 5.75 Å². The Morgan fingerprint density at radius 1 is 1.14 bits per heavy atom. The molecule has 2 aromatic heterocycles. The van der Waals surface area contributed by atoms with Gasteiger partial charge in [0.05, 0.1) is 11.4 Å². The maximum atomic E-state index is 9.64. The van der Waals surface area contributed by atoms with Crippen LogP contribution in [0.5, 0.6) is 5.75 Å². The molecule has 0 aliphatic carbocycles. The molecule has 3 rings (SSSR count). The van der Waals surface area contributed by atoms with Gasteiger partial charge in [-0.1, -0.05) is 6.07 Å². The molecule has 108 valence electrons. The van der Waals surface area contributed by atoms with Crippen molar-refractivity contribution in [3.05, 3.63) is 53.1 Å². The van der Waals surface area contributed by atoms with Crippen LogP contribution >= 0.6 is 0 Å². The largest absolute Gasteiger partial charge is 0.506 e. The Hall–Kier alpha value is -2.56. The third-order valence-electron chi connectivity index (χ3n) is 3.72. The summed E-state index contributed by atoms with van der Waals surface area (Å²) in [5.41, 5.74) is 10.2. The maximum Gasteiger partial charge on any atom is 0.234 e. The smallest absolute Gasteiger partial charge is 0.234 e. The molecule has 0 radical (unpaired) electrons. The van der Waals surface area contributed by atoms with Crippen LogP contribution in [0.2, 0.25) is 0 Å². The van der Waals surface area contributed by atoms with Crippen LogP contribution in [0, 0.1) is 13.8 Å². The number of aromatic nitrogens is 3. The van der Waals surface area contributed by atoms with Gasteiger partial charge in [-0.25, -0.2) is 9.97 Å². The molecule has 5 nitrogen and oxygen atoms in total. The second kappa shape index (κ2) is 5.09. The first-order valence-electron chi connectivity index (χ1n) is 6.93. The van der Waals surface area contributed by atoms with Crippen molar-refractivity contribution >= 4 is 11.5 Å². The Kier molecular flexibility index (Phi) is 3.25. The highest BCUT2D eigenvalue weighted by Gasteiger charge is 2.09. The van der Waals surface area contributed by atoms with E-state index in [-0.39, 0.29) is 5.75 Å². The SMILES string of the molecule is Cc1ccn2c(C)c(CCc3ccc(N)c(O)c3)nc2n1.